The number of halogens is 1. The lowest BCUT2D eigenvalue weighted by Crippen LogP contribution is -2.01. The fourth-order valence-corrected chi connectivity index (χ4v) is 3.04. The third-order valence-corrected chi connectivity index (χ3v) is 4.31. The highest BCUT2D eigenvalue weighted by atomic mass is 79.9. The number of ketones is 1. The summed E-state index contributed by atoms with van der Waals surface area (Å²) in [5.74, 6) is 1.71. The Kier molecular flexibility index (Phi) is 5.76. The van der Waals surface area contributed by atoms with Crippen molar-refractivity contribution >= 4 is 33.5 Å². The molecule has 0 fully saturated rings. The van der Waals surface area contributed by atoms with Gasteiger partial charge in [-0.3, -0.25) is 9.36 Å². The molecule has 0 aliphatic carbocycles. The van der Waals surface area contributed by atoms with Crippen LogP contribution in [0.2, 0.25) is 0 Å². The van der Waals surface area contributed by atoms with Gasteiger partial charge in [0.15, 0.2) is 11.0 Å². The van der Waals surface area contributed by atoms with Gasteiger partial charge < -0.3 is 0 Å². The second-order valence-corrected chi connectivity index (χ2v) is 6.49. The van der Waals surface area contributed by atoms with Crippen LogP contribution in [0.15, 0.2) is 46.5 Å². The molecule has 0 radical (unpaired) electrons. The number of nitrogens with zero attached hydrogens (tertiary/aromatic N) is 3. The third-order valence-electron chi connectivity index (χ3n) is 2.82. The van der Waals surface area contributed by atoms with E-state index in [1.54, 1.807) is 18.7 Å². The molecule has 0 unspecified atom stereocenters. The first kappa shape index (κ1) is 16.0. The maximum absolute atomic E-state index is 11.0. The average molecular weight is 366 g/mol. The third kappa shape index (κ3) is 4.28. The molecule has 0 aliphatic heterocycles. The summed E-state index contributed by atoms with van der Waals surface area (Å²) in [6.07, 6.45) is 2.36. The molecular weight excluding hydrogens is 350 g/mol. The lowest BCUT2D eigenvalue weighted by molar-refractivity contribution is -0.116. The molecule has 0 spiro atoms. The van der Waals surface area contributed by atoms with Gasteiger partial charge in [-0.1, -0.05) is 45.9 Å². The highest BCUT2D eigenvalue weighted by Crippen LogP contribution is 2.25. The van der Waals surface area contributed by atoms with Gasteiger partial charge in [0, 0.05) is 28.8 Å². The van der Waals surface area contributed by atoms with Crippen LogP contribution in [0.1, 0.15) is 13.3 Å². The second kappa shape index (κ2) is 7.56. The quantitative estimate of drug-likeness (QED) is 0.550. The molecule has 1 heterocycles. The second-order valence-electron chi connectivity index (χ2n) is 4.51. The van der Waals surface area contributed by atoms with Crippen LogP contribution in [0.25, 0.3) is 11.4 Å². The van der Waals surface area contributed by atoms with Gasteiger partial charge in [-0.25, -0.2) is 0 Å². The van der Waals surface area contributed by atoms with Crippen molar-refractivity contribution < 1.29 is 4.79 Å². The van der Waals surface area contributed by atoms with Crippen molar-refractivity contribution in [3.8, 4) is 11.4 Å². The van der Waals surface area contributed by atoms with Crippen LogP contribution >= 0.6 is 27.7 Å². The number of allylic oxidation sites excluding steroid dienone is 1. The number of rotatable bonds is 7. The Hall–Kier alpha value is -1.40. The van der Waals surface area contributed by atoms with Gasteiger partial charge in [0.05, 0.1) is 0 Å². The zero-order chi connectivity index (χ0) is 15.2. The van der Waals surface area contributed by atoms with E-state index in [1.807, 2.05) is 34.9 Å². The van der Waals surface area contributed by atoms with Crippen molar-refractivity contribution in [3.05, 3.63) is 41.4 Å². The summed E-state index contributed by atoms with van der Waals surface area (Å²) < 4.78 is 3.04. The smallest absolute Gasteiger partial charge is 0.191 e. The summed E-state index contributed by atoms with van der Waals surface area (Å²) in [6.45, 7) is 6.03. The summed E-state index contributed by atoms with van der Waals surface area (Å²) in [6, 6.07) is 7.95. The molecule has 2 rings (SSSR count). The minimum absolute atomic E-state index is 0.186. The number of carbonyl (C=O) groups is 1. The molecule has 0 saturated heterocycles. The Balaban J connectivity index is 2.25. The van der Waals surface area contributed by atoms with Crippen LogP contribution in [0.3, 0.4) is 0 Å². The summed E-state index contributed by atoms with van der Waals surface area (Å²) in [5.41, 5.74) is 1.01. The number of benzene rings is 1. The van der Waals surface area contributed by atoms with E-state index >= 15 is 0 Å². The predicted molar refractivity (Wildman–Crippen MR) is 89.4 cm³/mol. The Morgan fingerprint density at radius 1 is 1.38 bits per heavy atom. The number of thioether (sulfide) groups is 1. The highest BCUT2D eigenvalue weighted by molar-refractivity contribution is 9.10. The molecule has 4 nitrogen and oxygen atoms in total. The van der Waals surface area contributed by atoms with E-state index in [0.29, 0.717) is 18.7 Å². The molecule has 0 atom stereocenters. The monoisotopic (exact) mass is 365 g/mol. The van der Waals surface area contributed by atoms with E-state index in [0.717, 1.165) is 21.0 Å². The Morgan fingerprint density at radius 3 is 2.71 bits per heavy atom. The van der Waals surface area contributed by atoms with Crippen LogP contribution in [0.4, 0.5) is 0 Å². The topological polar surface area (TPSA) is 47.8 Å². The molecule has 6 heteroatoms. The molecule has 0 aliphatic rings. The van der Waals surface area contributed by atoms with E-state index in [1.165, 1.54) is 0 Å². The molecule has 0 saturated carbocycles. The molecule has 21 heavy (non-hydrogen) atoms. The molecule has 1 aromatic carbocycles. The van der Waals surface area contributed by atoms with Crippen molar-refractivity contribution in [1.82, 2.24) is 14.8 Å². The highest BCUT2D eigenvalue weighted by Gasteiger charge is 2.13. The van der Waals surface area contributed by atoms with Crippen molar-refractivity contribution in [2.24, 2.45) is 0 Å². The van der Waals surface area contributed by atoms with Gasteiger partial charge in [0.2, 0.25) is 0 Å². The molecular formula is C15H16BrN3OS. The zero-order valence-electron chi connectivity index (χ0n) is 11.8. The fraction of sp³-hybridized carbons (Fsp3) is 0.267. The van der Waals surface area contributed by atoms with Crippen molar-refractivity contribution in [3.63, 3.8) is 0 Å². The molecule has 0 N–H and O–H groups in total. The first-order chi connectivity index (χ1) is 10.1. The van der Waals surface area contributed by atoms with Crippen LogP contribution in [-0.2, 0) is 11.3 Å². The van der Waals surface area contributed by atoms with Gasteiger partial charge in [0.1, 0.15) is 5.78 Å². The molecule has 2 aromatic rings. The van der Waals surface area contributed by atoms with Crippen molar-refractivity contribution in [1.29, 1.82) is 0 Å². The van der Waals surface area contributed by atoms with E-state index < -0.39 is 0 Å². The van der Waals surface area contributed by atoms with Crippen LogP contribution in [0.5, 0.6) is 0 Å². The summed E-state index contributed by atoms with van der Waals surface area (Å²) in [7, 11) is 0. The van der Waals surface area contributed by atoms with Gasteiger partial charge in [-0.05, 0) is 19.1 Å². The van der Waals surface area contributed by atoms with Gasteiger partial charge >= 0.3 is 0 Å². The Morgan fingerprint density at radius 2 is 2.10 bits per heavy atom. The number of Topliss-reactive ketones (excluding diaryl/α,β-unsaturated/α-hetero) is 1. The SMILES string of the molecule is C=CCn1c(SCCC(C)=O)nnc1-c1ccc(Br)cc1. The summed E-state index contributed by atoms with van der Waals surface area (Å²) in [5, 5.41) is 9.33. The Bertz CT molecular complexity index is 637. The fourth-order valence-electron chi connectivity index (χ4n) is 1.79. The summed E-state index contributed by atoms with van der Waals surface area (Å²) >= 11 is 4.97. The maximum Gasteiger partial charge on any atom is 0.191 e. The minimum atomic E-state index is 0.186. The minimum Gasteiger partial charge on any atom is -0.300 e. The number of carbonyl (C=O) groups excluding carboxylic acids is 1. The standard InChI is InChI=1S/C15H16BrN3OS/c1-3-9-19-14(12-4-6-13(16)7-5-12)17-18-15(19)21-10-8-11(2)20/h3-7H,1,8-10H2,2H3. The van der Waals surface area contributed by atoms with E-state index in [2.05, 4.69) is 32.7 Å². The maximum atomic E-state index is 11.0. The molecule has 0 amide bonds. The van der Waals surface area contributed by atoms with Gasteiger partial charge in [0.25, 0.3) is 0 Å². The van der Waals surface area contributed by atoms with Crippen LogP contribution in [-0.4, -0.2) is 26.3 Å². The van der Waals surface area contributed by atoms with Crippen LogP contribution < -0.4 is 0 Å². The largest absolute Gasteiger partial charge is 0.300 e. The van der Waals surface area contributed by atoms with Gasteiger partial charge in [-0.15, -0.1) is 16.8 Å². The first-order valence-corrected chi connectivity index (χ1v) is 8.32. The molecule has 0 bridgehead atoms. The number of aromatic nitrogens is 3. The van der Waals surface area contributed by atoms with E-state index in [4.69, 9.17) is 0 Å². The first-order valence-electron chi connectivity index (χ1n) is 6.54. The van der Waals surface area contributed by atoms with Crippen molar-refractivity contribution in [2.75, 3.05) is 5.75 Å². The van der Waals surface area contributed by atoms with E-state index in [-0.39, 0.29) is 5.78 Å². The number of hydrogen-bond acceptors (Lipinski definition) is 4. The van der Waals surface area contributed by atoms with Gasteiger partial charge in [-0.2, -0.15) is 0 Å². The molecule has 110 valence electrons. The van der Waals surface area contributed by atoms with Crippen molar-refractivity contribution in [2.45, 2.75) is 25.0 Å². The van der Waals surface area contributed by atoms with Crippen LogP contribution in [0, 0.1) is 0 Å². The normalized spacial score (nSPS) is 10.6. The van der Waals surface area contributed by atoms with E-state index in [9.17, 15) is 4.79 Å². The summed E-state index contributed by atoms with van der Waals surface area (Å²) in [4.78, 5) is 11.0. The number of hydrogen-bond donors (Lipinski definition) is 0. The lowest BCUT2D eigenvalue weighted by atomic mass is 10.2. The molecule has 1 aromatic heterocycles. The Labute approximate surface area is 136 Å². The predicted octanol–water partition coefficient (Wildman–Crippen LogP) is 3.96. The average Bonchev–Trinajstić information content (AvgIpc) is 2.83. The zero-order valence-corrected chi connectivity index (χ0v) is 14.2. The lowest BCUT2D eigenvalue weighted by Gasteiger charge is -2.07.